The second-order valence-corrected chi connectivity index (χ2v) is 30.8. The molecule has 8 heteroatoms. The molecule has 2 heterocycles. The van der Waals surface area contributed by atoms with Gasteiger partial charge in [-0.15, -0.1) is 23.5 Å². The second-order valence-electron chi connectivity index (χ2n) is 28.7. The molecule has 0 saturated carbocycles. The maximum atomic E-state index is 6.46. The predicted octanol–water partition coefficient (Wildman–Crippen LogP) is 25.6. The van der Waals surface area contributed by atoms with Crippen LogP contribution in [-0.2, 0) is 20.3 Å². The van der Waals surface area contributed by atoms with Crippen molar-refractivity contribution in [2.75, 3.05) is 47.7 Å². The summed E-state index contributed by atoms with van der Waals surface area (Å²) >= 11 is 3.88. The average Bonchev–Trinajstić information content (AvgIpc) is 1.54. The van der Waals surface area contributed by atoms with E-state index in [1.54, 1.807) is 0 Å². The molecule has 0 N–H and O–H groups in total. The molecule has 18 rings (SSSR count). The first-order valence-electron chi connectivity index (χ1n) is 37.0. The summed E-state index contributed by atoms with van der Waals surface area (Å²) in [7, 11) is 0. The van der Waals surface area contributed by atoms with Gasteiger partial charge in [0.05, 0.1) is 37.3 Å². The molecular formula is C98H80N2O4S2. The average molecular weight is 1410 g/mol. The van der Waals surface area contributed by atoms with Crippen LogP contribution in [0.15, 0.2) is 362 Å². The third kappa shape index (κ3) is 12.1. The molecular weight excluding hydrogens is 1330 g/mol. The van der Waals surface area contributed by atoms with Crippen molar-refractivity contribution >= 4 is 57.6 Å². The summed E-state index contributed by atoms with van der Waals surface area (Å²) in [5.41, 5.74) is 22.4. The number of benzene rings is 14. The molecule has 2 atom stereocenters. The van der Waals surface area contributed by atoms with Crippen molar-refractivity contribution in [2.24, 2.45) is 10.8 Å². The summed E-state index contributed by atoms with van der Waals surface area (Å²) in [5, 5.41) is 0. The summed E-state index contributed by atoms with van der Waals surface area (Å²) < 4.78 is 24.4. The summed E-state index contributed by atoms with van der Waals surface area (Å²) in [6.45, 7) is 7.92. The van der Waals surface area contributed by atoms with E-state index in [-0.39, 0.29) is 10.8 Å². The van der Waals surface area contributed by atoms with Gasteiger partial charge in [-0.3, -0.25) is 0 Å². The van der Waals surface area contributed by atoms with Crippen LogP contribution in [-0.4, -0.2) is 37.9 Å². The number of nitrogens with zero attached hydrogens (tertiary/aromatic N) is 2. The highest BCUT2D eigenvalue weighted by Gasteiger charge is 2.49. The van der Waals surface area contributed by atoms with Crippen LogP contribution in [0.25, 0.3) is 33.4 Å². The van der Waals surface area contributed by atoms with Gasteiger partial charge in [-0.25, -0.2) is 0 Å². The van der Waals surface area contributed by atoms with Gasteiger partial charge in [-0.1, -0.05) is 220 Å². The summed E-state index contributed by atoms with van der Waals surface area (Å²) in [5.74, 6) is 5.26. The van der Waals surface area contributed by atoms with Crippen LogP contribution in [0.5, 0.6) is 23.0 Å². The van der Waals surface area contributed by atoms with Crippen LogP contribution in [0.2, 0.25) is 0 Å². The normalized spacial score (nSPS) is 16.8. The maximum absolute atomic E-state index is 6.46. The van der Waals surface area contributed by atoms with Gasteiger partial charge in [0, 0.05) is 66.3 Å². The Kier molecular flexibility index (Phi) is 17.9. The van der Waals surface area contributed by atoms with Gasteiger partial charge in [0.25, 0.3) is 0 Å². The number of para-hydroxylation sites is 4. The molecule has 14 aromatic rings. The van der Waals surface area contributed by atoms with E-state index in [2.05, 4.69) is 315 Å². The first kappa shape index (κ1) is 66.8. The largest absolute Gasteiger partial charge is 0.457 e. The summed E-state index contributed by atoms with van der Waals surface area (Å²) in [6.07, 6.45) is 2.23. The zero-order valence-electron chi connectivity index (χ0n) is 59.5. The molecule has 2 unspecified atom stereocenters. The van der Waals surface area contributed by atoms with Crippen LogP contribution < -0.4 is 19.3 Å². The Labute approximate surface area is 630 Å². The van der Waals surface area contributed by atoms with Gasteiger partial charge in [0.1, 0.15) is 23.0 Å². The number of hydrogen-bond acceptors (Lipinski definition) is 8. The molecule has 0 bridgehead atoms. The molecule has 106 heavy (non-hydrogen) atoms. The van der Waals surface area contributed by atoms with Crippen molar-refractivity contribution in [1.29, 1.82) is 0 Å². The summed E-state index contributed by atoms with van der Waals surface area (Å²) in [6, 6.07) is 129. The molecule has 6 nitrogen and oxygen atoms in total. The zero-order valence-corrected chi connectivity index (χ0v) is 61.1. The van der Waals surface area contributed by atoms with E-state index in [4.69, 9.17) is 18.9 Å². The maximum Gasteiger partial charge on any atom is 0.127 e. The van der Waals surface area contributed by atoms with Crippen LogP contribution in [0.1, 0.15) is 71.2 Å². The van der Waals surface area contributed by atoms with E-state index in [1.165, 1.54) is 76.6 Å². The van der Waals surface area contributed by atoms with Gasteiger partial charge in [0.15, 0.2) is 0 Å². The van der Waals surface area contributed by atoms with E-state index in [0.29, 0.717) is 0 Å². The topological polar surface area (TPSA) is 43.4 Å². The molecule has 518 valence electrons. The molecule has 2 saturated heterocycles. The standard InChI is InChI=1S/C98H80N2O4S2/c1-3-95(63-101-64-95)67-105-85-55-41-73(42-56-85)97(71-37-51-83(52-38-71)103-81-25-13-7-14-26-81)91-31-19-17-29-87(91)89-59-49-79(61-93(89)97)99(75-21-9-5-10-22-75)77-45-33-69(34-46-77)70-35-47-78(48-36-70)100(76-23-11-6-12-24-76)80-50-60-90-88-30-18-20-32-92(88)98(94(90)62-80,72-39-53-84(54-40-72)104-82-27-15-8-16-28-82)74-43-57-86(58-44-74)106-68-96(4-2)65-102-66-96/h5-62H,3-4,63-68H2,1-2H3. The first-order valence-corrected chi connectivity index (χ1v) is 39.0. The number of ether oxygens (including phenoxy) is 4. The minimum atomic E-state index is -0.670. The van der Waals surface area contributed by atoms with E-state index in [0.717, 1.165) is 119 Å². The monoisotopic (exact) mass is 1410 g/mol. The van der Waals surface area contributed by atoms with E-state index < -0.39 is 10.8 Å². The molecule has 4 aliphatic rings. The Morgan fingerprint density at radius 3 is 0.915 bits per heavy atom. The van der Waals surface area contributed by atoms with Gasteiger partial charge < -0.3 is 28.7 Å². The predicted molar refractivity (Wildman–Crippen MR) is 437 cm³/mol. The Morgan fingerprint density at radius 2 is 0.575 bits per heavy atom. The summed E-state index contributed by atoms with van der Waals surface area (Å²) in [4.78, 5) is 7.34. The Hall–Kier alpha value is -11.1. The minimum absolute atomic E-state index is 0.237. The van der Waals surface area contributed by atoms with Crippen LogP contribution >= 0.6 is 23.5 Å². The third-order valence-electron chi connectivity index (χ3n) is 22.5. The number of rotatable bonds is 23. The highest BCUT2D eigenvalue weighted by molar-refractivity contribution is 7.99. The minimum Gasteiger partial charge on any atom is -0.457 e. The SMILES string of the molecule is CCC1(CSc2ccc(C3(c4ccc(Oc5ccccc5)cc4)c4ccccc4-c4ccc(N(c5ccccc5)c5ccc(-c6ccc(N(c7ccccc7)c7ccc8c(c7)C(c7ccc(Oc9ccccc9)cc7)(c7ccc(SCC9(CC)COC9)cc7)c7ccccc7-8)cc6)cc5)cc43)cc2)COC1. The van der Waals surface area contributed by atoms with Crippen molar-refractivity contribution in [2.45, 2.75) is 47.3 Å². The molecule has 2 aliphatic heterocycles. The quantitative estimate of drug-likeness (QED) is 0.0587. The van der Waals surface area contributed by atoms with Crippen molar-refractivity contribution in [1.82, 2.24) is 0 Å². The van der Waals surface area contributed by atoms with Gasteiger partial charge in [0.2, 0.25) is 0 Å². The molecule has 0 aromatic heterocycles. The van der Waals surface area contributed by atoms with Crippen molar-refractivity contribution in [3.63, 3.8) is 0 Å². The van der Waals surface area contributed by atoms with E-state index in [9.17, 15) is 0 Å². The number of fused-ring (bicyclic) bond motifs is 6. The highest BCUT2D eigenvalue weighted by Crippen LogP contribution is 2.60. The molecule has 2 fully saturated rings. The second kappa shape index (κ2) is 28.4. The molecule has 0 amide bonds. The van der Waals surface area contributed by atoms with Crippen molar-refractivity contribution in [3.05, 3.63) is 396 Å². The highest BCUT2D eigenvalue weighted by atomic mass is 32.2. The van der Waals surface area contributed by atoms with Crippen molar-refractivity contribution < 1.29 is 18.9 Å². The fraction of sp³-hybridized carbons (Fsp3) is 0.143. The van der Waals surface area contributed by atoms with Gasteiger partial charge in [-0.2, -0.15) is 0 Å². The lowest BCUT2D eigenvalue weighted by molar-refractivity contribution is -0.0994. The third-order valence-corrected chi connectivity index (χ3v) is 25.2. The fourth-order valence-electron chi connectivity index (χ4n) is 16.5. The Morgan fingerprint density at radius 1 is 0.283 bits per heavy atom. The van der Waals surface area contributed by atoms with Crippen LogP contribution in [0.3, 0.4) is 0 Å². The molecule has 2 aliphatic carbocycles. The Bertz CT molecular complexity index is 5070. The lowest BCUT2D eigenvalue weighted by Crippen LogP contribution is -2.44. The van der Waals surface area contributed by atoms with E-state index in [1.807, 2.05) is 84.2 Å². The number of anilines is 6. The first-order chi connectivity index (χ1) is 52.3. The van der Waals surface area contributed by atoms with Crippen molar-refractivity contribution in [3.8, 4) is 56.4 Å². The lowest BCUT2D eigenvalue weighted by Gasteiger charge is -2.40. The number of hydrogen-bond donors (Lipinski definition) is 0. The van der Waals surface area contributed by atoms with Gasteiger partial charge >= 0.3 is 0 Å². The fourth-order valence-corrected chi connectivity index (χ4v) is 18.8. The lowest BCUT2D eigenvalue weighted by atomic mass is 9.67. The van der Waals surface area contributed by atoms with Crippen LogP contribution in [0.4, 0.5) is 34.1 Å². The molecule has 14 aromatic carbocycles. The zero-order chi connectivity index (χ0) is 71.1. The Balaban J connectivity index is 0.698. The smallest absolute Gasteiger partial charge is 0.127 e. The van der Waals surface area contributed by atoms with E-state index >= 15 is 0 Å². The van der Waals surface area contributed by atoms with Gasteiger partial charge in [-0.05, 0) is 236 Å². The molecule has 0 spiro atoms. The number of thioether (sulfide) groups is 2. The van der Waals surface area contributed by atoms with Crippen LogP contribution in [0, 0.1) is 10.8 Å². The molecule has 0 radical (unpaired) electrons.